The number of rotatable bonds is 7. The SMILES string of the molecule is CCSN1CCC(c2ccc3[nH]c(-c4ccc(OCc5ccccc5)cc4)nc3n2)CC1. The molecule has 32 heavy (non-hydrogen) atoms. The molecule has 0 spiro atoms. The van der Waals surface area contributed by atoms with E-state index in [9.17, 15) is 0 Å². The minimum atomic E-state index is 0.523. The van der Waals surface area contributed by atoms with Gasteiger partial charge in [0.05, 0.1) is 5.52 Å². The second-order valence-electron chi connectivity index (χ2n) is 8.11. The molecule has 0 unspecified atom stereocenters. The average molecular weight is 445 g/mol. The van der Waals surface area contributed by atoms with Gasteiger partial charge in [-0.25, -0.2) is 9.97 Å². The highest BCUT2D eigenvalue weighted by Crippen LogP contribution is 2.31. The second-order valence-corrected chi connectivity index (χ2v) is 9.46. The Kier molecular flexibility index (Phi) is 6.41. The monoisotopic (exact) mass is 444 g/mol. The zero-order valence-electron chi connectivity index (χ0n) is 18.3. The number of nitrogens with one attached hydrogen (secondary N) is 1. The second kappa shape index (κ2) is 9.76. The van der Waals surface area contributed by atoms with Gasteiger partial charge in [0.15, 0.2) is 5.65 Å². The maximum Gasteiger partial charge on any atom is 0.178 e. The molecule has 5 rings (SSSR count). The topological polar surface area (TPSA) is 54.0 Å². The predicted molar refractivity (Wildman–Crippen MR) is 132 cm³/mol. The number of hydrogen-bond acceptors (Lipinski definition) is 5. The molecule has 2 aromatic heterocycles. The van der Waals surface area contributed by atoms with Gasteiger partial charge in [-0.15, -0.1) is 0 Å². The summed E-state index contributed by atoms with van der Waals surface area (Å²) in [7, 11) is 0. The standard InChI is InChI=1S/C26H28N4OS/c1-2-32-30-16-14-20(15-17-30)23-12-13-24-26(27-23)29-25(28-24)21-8-10-22(11-9-21)31-18-19-6-4-3-5-7-19/h3-13,20H,2,14-18H2,1H3,(H,27,28,29). The van der Waals surface area contributed by atoms with Gasteiger partial charge in [0.1, 0.15) is 18.2 Å². The molecule has 3 heterocycles. The Labute approximate surface area is 193 Å². The molecule has 4 aromatic rings. The summed E-state index contributed by atoms with van der Waals surface area (Å²) >= 11 is 1.94. The van der Waals surface area contributed by atoms with Crippen LogP contribution in [0.5, 0.6) is 5.75 Å². The summed E-state index contributed by atoms with van der Waals surface area (Å²) in [4.78, 5) is 13.1. The third kappa shape index (κ3) is 4.81. The van der Waals surface area contributed by atoms with Crippen molar-refractivity contribution < 1.29 is 4.74 Å². The number of H-pyrrole nitrogens is 1. The molecule has 0 radical (unpaired) electrons. The first-order chi connectivity index (χ1) is 15.8. The van der Waals surface area contributed by atoms with Crippen LogP contribution in [0.1, 0.15) is 36.9 Å². The molecule has 0 amide bonds. The van der Waals surface area contributed by atoms with Gasteiger partial charge in [0.25, 0.3) is 0 Å². The lowest BCUT2D eigenvalue weighted by Gasteiger charge is -2.30. The maximum absolute atomic E-state index is 5.90. The molecule has 2 aromatic carbocycles. The highest BCUT2D eigenvalue weighted by molar-refractivity contribution is 7.96. The lowest BCUT2D eigenvalue weighted by molar-refractivity contribution is 0.306. The molecule has 0 bridgehead atoms. The minimum Gasteiger partial charge on any atom is -0.489 e. The Hall–Kier alpha value is -2.83. The summed E-state index contributed by atoms with van der Waals surface area (Å²) in [6, 6.07) is 22.6. The molecular formula is C26H28N4OS. The van der Waals surface area contributed by atoms with Crippen LogP contribution < -0.4 is 4.74 Å². The van der Waals surface area contributed by atoms with Crippen molar-refractivity contribution in [2.75, 3.05) is 18.8 Å². The lowest BCUT2D eigenvalue weighted by atomic mass is 9.94. The van der Waals surface area contributed by atoms with Crippen molar-refractivity contribution in [3.05, 3.63) is 78.0 Å². The van der Waals surface area contributed by atoms with E-state index in [4.69, 9.17) is 14.7 Å². The first-order valence-corrected chi connectivity index (χ1v) is 12.2. The van der Waals surface area contributed by atoms with Crippen LogP contribution in [0.3, 0.4) is 0 Å². The van der Waals surface area contributed by atoms with E-state index in [1.807, 2.05) is 54.4 Å². The van der Waals surface area contributed by atoms with Crippen LogP contribution in [0, 0.1) is 0 Å². The zero-order chi connectivity index (χ0) is 21.8. The number of aromatic amines is 1. The molecule has 1 saturated heterocycles. The molecule has 1 aliphatic rings. The van der Waals surface area contributed by atoms with E-state index in [0.29, 0.717) is 12.5 Å². The number of benzene rings is 2. The number of imidazole rings is 1. The average Bonchev–Trinajstić information content (AvgIpc) is 3.28. The van der Waals surface area contributed by atoms with Gasteiger partial charge in [0.2, 0.25) is 0 Å². The highest BCUT2D eigenvalue weighted by atomic mass is 32.2. The normalized spacial score (nSPS) is 15.3. The highest BCUT2D eigenvalue weighted by Gasteiger charge is 2.22. The van der Waals surface area contributed by atoms with Gasteiger partial charge in [-0.2, -0.15) is 0 Å². The van der Waals surface area contributed by atoms with Crippen molar-refractivity contribution >= 4 is 23.1 Å². The molecular weight excluding hydrogens is 416 g/mol. The molecule has 1 aliphatic heterocycles. The van der Waals surface area contributed by atoms with Gasteiger partial charge in [0, 0.05) is 36.0 Å². The van der Waals surface area contributed by atoms with E-state index in [0.717, 1.165) is 65.5 Å². The number of nitrogens with zero attached hydrogens (tertiary/aromatic N) is 3. The molecule has 0 saturated carbocycles. The fourth-order valence-corrected chi connectivity index (χ4v) is 5.02. The number of fused-ring (bicyclic) bond motifs is 1. The Bertz CT molecular complexity index is 1150. The maximum atomic E-state index is 5.90. The van der Waals surface area contributed by atoms with Crippen LogP contribution in [-0.2, 0) is 6.61 Å². The van der Waals surface area contributed by atoms with Crippen LogP contribution in [0.4, 0.5) is 0 Å². The van der Waals surface area contributed by atoms with Crippen molar-refractivity contribution in [2.24, 2.45) is 0 Å². The Morgan fingerprint density at radius 1 is 0.969 bits per heavy atom. The third-order valence-electron chi connectivity index (χ3n) is 5.93. The van der Waals surface area contributed by atoms with E-state index in [1.165, 1.54) is 5.69 Å². The molecule has 0 aliphatic carbocycles. The summed E-state index contributed by atoms with van der Waals surface area (Å²) in [5.74, 6) is 3.36. The zero-order valence-corrected chi connectivity index (χ0v) is 19.1. The number of piperidine rings is 1. The van der Waals surface area contributed by atoms with Gasteiger partial charge >= 0.3 is 0 Å². The Balaban J connectivity index is 1.26. The minimum absolute atomic E-state index is 0.523. The fourth-order valence-electron chi connectivity index (χ4n) is 4.18. The van der Waals surface area contributed by atoms with Crippen molar-refractivity contribution in [3.63, 3.8) is 0 Å². The summed E-state index contributed by atoms with van der Waals surface area (Å²) in [6.07, 6.45) is 2.32. The number of aromatic nitrogens is 3. The molecule has 1 fully saturated rings. The number of hydrogen-bond donors (Lipinski definition) is 1. The van der Waals surface area contributed by atoms with Crippen molar-refractivity contribution in [2.45, 2.75) is 32.3 Å². The Morgan fingerprint density at radius 2 is 1.75 bits per heavy atom. The van der Waals surface area contributed by atoms with Crippen LogP contribution in [0.2, 0.25) is 0 Å². The van der Waals surface area contributed by atoms with E-state index in [-0.39, 0.29) is 0 Å². The smallest absolute Gasteiger partial charge is 0.178 e. The van der Waals surface area contributed by atoms with Crippen LogP contribution in [0.15, 0.2) is 66.7 Å². The van der Waals surface area contributed by atoms with Crippen molar-refractivity contribution in [3.8, 4) is 17.1 Å². The van der Waals surface area contributed by atoms with E-state index < -0.39 is 0 Å². The lowest BCUT2D eigenvalue weighted by Crippen LogP contribution is -2.28. The summed E-state index contributed by atoms with van der Waals surface area (Å²) in [5, 5.41) is 0. The van der Waals surface area contributed by atoms with Crippen LogP contribution >= 0.6 is 11.9 Å². The van der Waals surface area contributed by atoms with Gasteiger partial charge in [-0.05, 0) is 54.8 Å². The molecule has 0 atom stereocenters. The molecule has 164 valence electrons. The Morgan fingerprint density at radius 3 is 2.50 bits per heavy atom. The van der Waals surface area contributed by atoms with Crippen LogP contribution in [-0.4, -0.2) is 38.1 Å². The van der Waals surface area contributed by atoms with Gasteiger partial charge in [-0.1, -0.05) is 49.2 Å². The number of ether oxygens (including phenoxy) is 1. The molecule has 6 heteroatoms. The third-order valence-corrected chi connectivity index (χ3v) is 6.92. The van der Waals surface area contributed by atoms with E-state index in [2.05, 4.69) is 40.5 Å². The quantitative estimate of drug-likeness (QED) is 0.352. The van der Waals surface area contributed by atoms with E-state index in [1.54, 1.807) is 0 Å². The number of pyridine rings is 1. The predicted octanol–water partition coefficient (Wildman–Crippen LogP) is 6.05. The van der Waals surface area contributed by atoms with Gasteiger partial charge < -0.3 is 9.72 Å². The van der Waals surface area contributed by atoms with Crippen LogP contribution in [0.25, 0.3) is 22.6 Å². The largest absolute Gasteiger partial charge is 0.489 e. The van der Waals surface area contributed by atoms with E-state index >= 15 is 0 Å². The van der Waals surface area contributed by atoms with Gasteiger partial charge in [-0.3, -0.25) is 4.31 Å². The fraction of sp³-hybridized carbons (Fsp3) is 0.308. The summed E-state index contributed by atoms with van der Waals surface area (Å²) < 4.78 is 8.38. The van der Waals surface area contributed by atoms with Crippen molar-refractivity contribution in [1.29, 1.82) is 0 Å². The summed E-state index contributed by atoms with van der Waals surface area (Å²) in [5.41, 5.74) is 5.13. The first-order valence-electron chi connectivity index (χ1n) is 11.3. The molecule has 1 N–H and O–H groups in total. The first kappa shape index (κ1) is 21.0. The summed E-state index contributed by atoms with van der Waals surface area (Å²) in [6.45, 7) is 5.04. The van der Waals surface area contributed by atoms with Crippen molar-refractivity contribution in [1.82, 2.24) is 19.3 Å². The molecule has 5 nitrogen and oxygen atoms in total.